The van der Waals surface area contributed by atoms with Gasteiger partial charge in [-0.2, -0.15) is 5.26 Å². The van der Waals surface area contributed by atoms with E-state index in [1.54, 1.807) is 36.7 Å². The number of thiocarbonyl (C=S) groups is 1. The first-order chi connectivity index (χ1) is 18.2. The molecule has 202 valence electrons. The van der Waals surface area contributed by atoms with Crippen LogP contribution in [0.3, 0.4) is 0 Å². The van der Waals surface area contributed by atoms with Crippen LogP contribution < -0.4 is 20.3 Å². The molecule has 0 bridgehead atoms. The maximum atomic E-state index is 13.3. The van der Waals surface area contributed by atoms with Crippen molar-refractivity contribution in [1.29, 1.82) is 5.26 Å². The quantitative estimate of drug-likeness (QED) is 0.302. The third-order valence-electron chi connectivity index (χ3n) is 6.38. The highest BCUT2D eigenvalue weighted by molar-refractivity contribution is 8.26. The van der Waals surface area contributed by atoms with Gasteiger partial charge in [0, 0.05) is 24.7 Å². The number of thioether (sulfide) groups is 1. The number of anilines is 1. The van der Waals surface area contributed by atoms with Crippen LogP contribution in [0.15, 0.2) is 27.9 Å². The predicted molar refractivity (Wildman–Crippen MR) is 157 cm³/mol. The van der Waals surface area contributed by atoms with E-state index in [1.807, 2.05) is 39.0 Å². The van der Waals surface area contributed by atoms with E-state index in [1.165, 1.54) is 11.8 Å². The van der Waals surface area contributed by atoms with Gasteiger partial charge in [0.15, 0.2) is 11.5 Å². The van der Waals surface area contributed by atoms with Gasteiger partial charge in [-0.1, -0.05) is 43.4 Å². The fourth-order valence-electron chi connectivity index (χ4n) is 4.30. The van der Waals surface area contributed by atoms with Crippen LogP contribution in [0.2, 0.25) is 0 Å². The average Bonchev–Trinajstić information content (AvgIpc) is 3.18. The van der Waals surface area contributed by atoms with Crippen LogP contribution in [-0.2, 0) is 17.8 Å². The fraction of sp³-hybridized carbons (Fsp3) is 0.429. The number of methoxy groups -OCH3 is 2. The lowest BCUT2D eigenvalue weighted by Gasteiger charge is -2.21. The lowest BCUT2D eigenvalue weighted by Crippen LogP contribution is -2.34. The number of hydrogen-bond donors (Lipinski definition) is 1. The number of ether oxygens (including phenoxy) is 2. The maximum Gasteiger partial charge on any atom is 0.270 e. The van der Waals surface area contributed by atoms with Crippen molar-refractivity contribution in [2.45, 2.75) is 59.5 Å². The third-order valence-corrected chi connectivity index (χ3v) is 7.71. The van der Waals surface area contributed by atoms with Gasteiger partial charge >= 0.3 is 0 Å². The minimum atomic E-state index is -0.334. The topological polar surface area (TPSA) is 96.6 Å². The largest absolute Gasteiger partial charge is 0.493 e. The second-order valence-electron chi connectivity index (χ2n) is 9.20. The molecule has 1 aliphatic rings. The molecule has 1 aromatic carbocycles. The summed E-state index contributed by atoms with van der Waals surface area (Å²) in [5.74, 6) is 1.72. The van der Waals surface area contributed by atoms with E-state index in [0.29, 0.717) is 57.2 Å². The number of unbranched alkanes of at least 4 members (excludes halogenated alkanes) is 1. The van der Waals surface area contributed by atoms with Crippen molar-refractivity contribution in [3.8, 4) is 17.6 Å². The molecule has 38 heavy (non-hydrogen) atoms. The zero-order chi connectivity index (χ0) is 28.0. The maximum absolute atomic E-state index is 13.3. The molecule has 0 spiro atoms. The zero-order valence-corrected chi connectivity index (χ0v) is 24.3. The number of benzene rings is 1. The Labute approximate surface area is 233 Å². The number of carbonyl (C=O) groups is 1. The molecule has 1 N–H and O–H groups in total. The van der Waals surface area contributed by atoms with Crippen molar-refractivity contribution in [2.24, 2.45) is 0 Å². The second kappa shape index (κ2) is 13.0. The summed E-state index contributed by atoms with van der Waals surface area (Å²) in [6.07, 6.45) is 4.07. The molecule has 3 rings (SSSR count). The van der Waals surface area contributed by atoms with E-state index in [9.17, 15) is 14.9 Å². The van der Waals surface area contributed by atoms with Gasteiger partial charge in [0.25, 0.3) is 11.5 Å². The number of pyridine rings is 1. The zero-order valence-electron chi connectivity index (χ0n) is 22.7. The molecule has 2 heterocycles. The molecule has 1 fully saturated rings. The van der Waals surface area contributed by atoms with Gasteiger partial charge in [0.2, 0.25) is 0 Å². The van der Waals surface area contributed by atoms with Crippen LogP contribution in [0.5, 0.6) is 11.5 Å². The molecule has 1 saturated heterocycles. The van der Waals surface area contributed by atoms with Gasteiger partial charge in [-0.25, -0.2) is 0 Å². The fourth-order valence-corrected chi connectivity index (χ4v) is 5.81. The molecule has 2 aromatic rings. The van der Waals surface area contributed by atoms with E-state index < -0.39 is 0 Å². The monoisotopic (exact) mass is 554 g/mol. The van der Waals surface area contributed by atoms with Crippen LogP contribution in [-0.4, -0.2) is 46.5 Å². The number of aromatic nitrogens is 1. The molecule has 0 atom stereocenters. The molecule has 1 aromatic heterocycles. The molecule has 8 nitrogen and oxygen atoms in total. The molecule has 0 aliphatic carbocycles. The highest BCUT2D eigenvalue weighted by Crippen LogP contribution is 2.36. The van der Waals surface area contributed by atoms with Crippen molar-refractivity contribution >= 4 is 46.1 Å². The van der Waals surface area contributed by atoms with E-state index in [0.717, 1.165) is 18.4 Å². The summed E-state index contributed by atoms with van der Waals surface area (Å²) in [7, 11) is 3.19. The SMILES string of the molecule is CCCCn1c(NCCc2ccc(OC)c(OC)c2)c(/C=C2/SC(=S)N(C(C)C)C2=O)c(C)c(C#N)c1=O. The number of carbonyl (C=O) groups excluding carboxylic acids is 1. The average molecular weight is 555 g/mol. The van der Waals surface area contributed by atoms with E-state index in [-0.39, 0.29) is 23.1 Å². The highest BCUT2D eigenvalue weighted by atomic mass is 32.2. The highest BCUT2D eigenvalue weighted by Gasteiger charge is 2.34. The number of rotatable bonds is 11. The molecule has 10 heteroatoms. The normalized spacial score (nSPS) is 14.4. The first kappa shape index (κ1) is 29.3. The summed E-state index contributed by atoms with van der Waals surface area (Å²) in [4.78, 5) is 28.5. The van der Waals surface area contributed by atoms with E-state index in [2.05, 4.69) is 11.4 Å². The Kier molecular flexibility index (Phi) is 10.00. The summed E-state index contributed by atoms with van der Waals surface area (Å²) in [5.41, 5.74) is 1.96. The van der Waals surface area contributed by atoms with Gasteiger partial charge in [-0.3, -0.25) is 19.1 Å². The van der Waals surface area contributed by atoms with Crippen molar-refractivity contribution < 1.29 is 14.3 Å². The number of nitrogens with one attached hydrogen (secondary N) is 1. The van der Waals surface area contributed by atoms with E-state index in [4.69, 9.17) is 21.7 Å². The van der Waals surface area contributed by atoms with Crippen molar-refractivity contribution in [1.82, 2.24) is 9.47 Å². The number of amides is 1. The molecule has 1 amide bonds. The third kappa shape index (κ3) is 6.05. The summed E-state index contributed by atoms with van der Waals surface area (Å²) >= 11 is 6.69. The summed E-state index contributed by atoms with van der Waals surface area (Å²) < 4.78 is 12.9. The number of nitrogens with zero attached hydrogens (tertiary/aromatic N) is 3. The Morgan fingerprint density at radius 3 is 2.50 bits per heavy atom. The number of hydrogen-bond acceptors (Lipinski definition) is 8. The Balaban J connectivity index is 2.06. The molecule has 0 radical (unpaired) electrons. The van der Waals surface area contributed by atoms with Crippen LogP contribution in [0.4, 0.5) is 5.82 Å². The Hall–Kier alpha value is -3.29. The summed E-state index contributed by atoms with van der Waals surface area (Å²) in [5, 5.41) is 13.3. The van der Waals surface area contributed by atoms with Crippen molar-refractivity contribution in [3.05, 3.63) is 55.7 Å². The van der Waals surface area contributed by atoms with Gasteiger partial charge in [-0.15, -0.1) is 0 Å². The second-order valence-corrected chi connectivity index (χ2v) is 10.9. The van der Waals surface area contributed by atoms with Crippen LogP contribution >= 0.6 is 24.0 Å². The van der Waals surface area contributed by atoms with Crippen LogP contribution in [0.1, 0.15) is 55.9 Å². The summed E-state index contributed by atoms with van der Waals surface area (Å²) in [6.45, 7) is 8.60. The smallest absolute Gasteiger partial charge is 0.270 e. The van der Waals surface area contributed by atoms with Gasteiger partial charge < -0.3 is 14.8 Å². The Morgan fingerprint density at radius 2 is 1.92 bits per heavy atom. The first-order valence-corrected chi connectivity index (χ1v) is 13.8. The standard InChI is InChI=1S/C28H34N4O4S2/c1-7-8-13-31-25(30-12-11-19-9-10-22(35-5)23(14-19)36-6)20(18(4)21(16-29)26(31)33)15-24-27(34)32(17(2)3)28(37)38-24/h9-10,14-15,17,30H,7-8,11-13H2,1-6H3/b24-15+. The lowest BCUT2D eigenvalue weighted by atomic mass is 10.0. The molecule has 0 unspecified atom stereocenters. The van der Waals surface area contributed by atoms with Crippen molar-refractivity contribution in [2.75, 3.05) is 26.1 Å². The lowest BCUT2D eigenvalue weighted by molar-refractivity contribution is -0.123. The van der Waals surface area contributed by atoms with Crippen LogP contribution in [0.25, 0.3) is 6.08 Å². The van der Waals surface area contributed by atoms with Crippen LogP contribution in [0, 0.1) is 18.3 Å². The van der Waals surface area contributed by atoms with Gasteiger partial charge in [0.05, 0.1) is 19.1 Å². The Morgan fingerprint density at radius 1 is 1.21 bits per heavy atom. The molecular formula is C28H34N4O4S2. The van der Waals surface area contributed by atoms with Gasteiger partial charge in [-0.05, 0) is 62.9 Å². The molecular weight excluding hydrogens is 520 g/mol. The first-order valence-electron chi connectivity index (χ1n) is 12.6. The minimum Gasteiger partial charge on any atom is -0.493 e. The number of nitriles is 1. The van der Waals surface area contributed by atoms with Crippen molar-refractivity contribution in [3.63, 3.8) is 0 Å². The minimum absolute atomic E-state index is 0.0678. The Bertz CT molecular complexity index is 1360. The van der Waals surface area contributed by atoms with Gasteiger partial charge in [0.1, 0.15) is 21.8 Å². The summed E-state index contributed by atoms with van der Waals surface area (Å²) in [6, 6.07) is 7.77. The predicted octanol–water partition coefficient (Wildman–Crippen LogP) is 5.11. The molecule has 0 saturated carbocycles. The van der Waals surface area contributed by atoms with E-state index >= 15 is 0 Å². The molecule has 1 aliphatic heterocycles.